The Bertz CT molecular complexity index is 658. The van der Waals surface area contributed by atoms with Gasteiger partial charge in [-0.05, 0) is 22.0 Å². The molecule has 0 aromatic heterocycles. The normalized spacial score (nSPS) is 46.0. The highest BCUT2D eigenvalue weighted by molar-refractivity contribution is 9.10. The third-order valence-corrected chi connectivity index (χ3v) is 5.27. The van der Waals surface area contributed by atoms with Gasteiger partial charge in [0.15, 0.2) is 22.0 Å². The second-order valence-corrected chi connectivity index (χ2v) is 7.01. The fraction of sp³-hybridized carbons (Fsp3) is 0.500. The summed E-state index contributed by atoms with van der Waals surface area (Å²) in [6.07, 6.45) is -5.06. The molecule has 0 amide bonds. The van der Waals surface area contributed by atoms with E-state index in [1.54, 1.807) is 18.2 Å². The van der Waals surface area contributed by atoms with Gasteiger partial charge >= 0.3 is 0 Å². The number of hydrogen-bond acceptors (Lipinski definition) is 8. The molecule has 3 rings (SSSR count). The highest BCUT2D eigenvalue weighted by atomic mass is 79.9. The molecule has 1 fully saturated rings. The van der Waals surface area contributed by atoms with Crippen LogP contribution in [-0.4, -0.2) is 72.1 Å². The van der Waals surface area contributed by atoms with E-state index in [-0.39, 0.29) is 5.56 Å². The van der Waals surface area contributed by atoms with E-state index in [0.717, 1.165) is 6.21 Å². The Hall–Kier alpha value is -0.910. The predicted octanol–water partition coefficient (Wildman–Crippen LogP) is -1.52. The molecule has 9 heteroatoms. The van der Waals surface area contributed by atoms with Crippen LogP contribution in [0.4, 0.5) is 5.69 Å². The standard InChI is InChI=1S/C14H16BrNO7/c15-13(6-17)11(20)14(22,9(18)10(19)23-13)12(21)5-16-8-4-2-1-3-7(8)12/h1-5,9-11,17-22H,6H2/t9-,10+,11-,12?,13-,14-/m1/s1. The summed E-state index contributed by atoms with van der Waals surface area (Å²) in [6, 6.07) is 6.30. The van der Waals surface area contributed by atoms with Crippen LogP contribution in [-0.2, 0) is 10.3 Å². The summed E-state index contributed by atoms with van der Waals surface area (Å²) in [7, 11) is 0. The van der Waals surface area contributed by atoms with E-state index >= 15 is 0 Å². The Morgan fingerprint density at radius 2 is 1.83 bits per heavy atom. The van der Waals surface area contributed by atoms with Crippen molar-refractivity contribution in [3.63, 3.8) is 0 Å². The van der Waals surface area contributed by atoms with Gasteiger partial charge in [-0.15, -0.1) is 0 Å². The molecule has 1 aromatic carbocycles. The Kier molecular flexibility index (Phi) is 3.90. The van der Waals surface area contributed by atoms with Crippen LogP contribution in [0.15, 0.2) is 29.3 Å². The molecule has 23 heavy (non-hydrogen) atoms. The molecule has 126 valence electrons. The van der Waals surface area contributed by atoms with E-state index in [2.05, 4.69) is 20.9 Å². The number of nitrogens with zero attached hydrogens (tertiary/aromatic N) is 1. The van der Waals surface area contributed by atoms with Gasteiger partial charge < -0.3 is 35.4 Å². The molecule has 1 unspecified atom stereocenters. The van der Waals surface area contributed by atoms with Crippen LogP contribution in [0.25, 0.3) is 0 Å². The Morgan fingerprint density at radius 3 is 2.48 bits per heavy atom. The minimum Gasteiger partial charge on any atom is -0.392 e. The molecule has 1 saturated heterocycles. The summed E-state index contributed by atoms with van der Waals surface area (Å²) >= 11 is 2.91. The first-order valence-electron chi connectivity index (χ1n) is 6.82. The molecule has 6 atom stereocenters. The maximum absolute atomic E-state index is 11.0. The molecule has 0 saturated carbocycles. The summed E-state index contributed by atoms with van der Waals surface area (Å²) in [5.74, 6) is 0. The van der Waals surface area contributed by atoms with Crippen LogP contribution in [0.5, 0.6) is 0 Å². The lowest BCUT2D eigenvalue weighted by molar-refractivity contribution is -0.356. The van der Waals surface area contributed by atoms with Gasteiger partial charge in [0.2, 0.25) is 0 Å². The number of halogens is 1. The van der Waals surface area contributed by atoms with Gasteiger partial charge in [-0.25, -0.2) is 0 Å². The van der Waals surface area contributed by atoms with Crippen molar-refractivity contribution in [2.75, 3.05) is 6.61 Å². The first kappa shape index (κ1) is 16.9. The average molecular weight is 390 g/mol. The highest BCUT2D eigenvalue weighted by Gasteiger charge is 2.70. The SMILES string of the molecule is OC[C@@]1(Br)O[C@H](O)[C@@H](O)[C@](O)(C2(O)C=Nc3ccccc32)[C@@H]1O. The van der Waals surface area contributed by atoms with Crippen molar-refractivity contribution < 1.29 is 35.4 Å². The van der Waals surface area contributed by atoms with Crippen molar-refractivity contribution in [3.05, 3.63) is 29.8 Å². The summed E-state index contributed by atoms with van der Waals surface area (Å²) in [5, 5.41) is 62.1. The molecule has 2 aliphatic rings. The molecule has 1 aromatic rings. The van der Waals surface area contributed by atoms with Crippen molar-refractivity contribution >= 4 is 27.8 Å². The smallest absolute Gasteiger partial charge is 0.186 e. The number of aliphatic imine (C=N–C) groups is 1. The number of fused-ring (bicyclic) bond motifs is 1. The van der Waals surface area contributed by atoms with Crippen LogP contribution in [0.3, 0.4) is 0 Å². The first-order chi connectivity index (χ1) is 10.7. The predicted molar refractivity (Wildman–Crippen MR) is 81.3 cm³/mol. The zero-order chi connectivity index (χ0) is 17.0. The second kappa shape index (κ2) is 5.30. The van der Waals surface area contributed by atoms with Crippen molar-refractivity contribution in [1.29, 1.82) is 0 Å². The Morgan fingerprint density at radius 1 is 1.17 bits per heavy atom. The van der Waals surface area contributed by atoms with E-state index in [1.807, 2.05) is 0 Å². The zero-order valence-electron chi connectivity index (χ0n) is 11.7. The van der Waals surface area contributed by atoms with Crippen molar-refractivity contribution in [3.8, 4) is 0 Å². The third kappa shape index (κ3) is 2.06. The van der Waals surface area contributed by atoms with Gasteiger partial charge in [0, 0.05) is 11.8 Å². The van der Waals surface area contributed by atoms with Gasteiger partial charge in [0.1, 0.15) is 12.2 Å². The summed E-state index contributed by atoms with van der Waals surface area (Å²) in [5.41, 5.74) is -4.52. The molecule has 0 aliphatic carbocycles. The van der Waals surface area contributed by atoms with Gasteiger partial charge in [0.25, 0.3) is 0 Å². The van der Waals surface area contributed by atoms with E-state index in [9.17, 15) is 30.6 Å². The number of rotatable bonds is 2. The molecule has 0 bridgehead atoms. The van der Waals surface area contributed by atoms with E-state index < -0.39 is 40.8 Å². The molecule has 0 radical (unpaired) electrons. The largest absolute Gasteiger partial charge is 0.392 e. The molecule has 0 spiro atoms. The first-order valence-corrected chi connectivity index (χ1v) is 7.61. The monoisotopic (exact) mass is 389 g/mol. The Balaban J connectivity index is 2.18. The van der Waals surface area contributed by atoms with Crippen molar-refractivity contribution in [2.24, 2.45) is 4.99 Å². The van der Waals surface area contributed by atoms with Crippen molar-refractivity contribution in [1.82, 2.24) is 0 Å². The molecule has 8 nitrogen and oxygen atoms in total. The zero-order valence-corrected chi connectivity index (χ0v) is 13.3. The summed E-state index contributed by atoms with van der Waals surface area (Å²) < 4.78 is 2.96. The molecule has 2 heterocycles. The summed E-state index contributed by atoms with van der Waals surface area (Å²) in [6.45, 7) is -0.838. The molecule has 2 aliphatic heterocycles. The number of para-hydroxylation sites is 1. The van der Waals surface area contributed by atoms with E-state index in [4.69, 9.17) is 4.74 Å². The number of benzene rings is 1. The number of aliphatic hydroxyl groups is 6. The van der Waals surface area contributed by atoms with E-state index in [0.29, 0.717) is 5.69 Å². The fourth-order valence-electron chi connectivity index (χ4n) is 3.06. The lowest BCUT2D eigenvalue weighted by atomic mass is 9.69. The minimum absolute atomic E-state index is 0.141. The van der Waals surface area contributed by atoms with Gasteiger partial charge in [-0.1, -0.05) is 18.2 Å². The number of ether oxygens (including phenoxy) is 1. The minimum atomic E-state index is -2.70. The Labute approximate surface area is 139 Å². The van der Waals surface area contributed by atoms with Crippen molar-refractivity contribution in [2.45, 2.75) is 34.2 Å². The lowest BCUT2D eigenvalue weighted by Crippen LogP contribution is -2.77. The van der Waals surface area contributed by atoms with Gasteiger partial charge in [0.05, 0.1) is 12.3 Å². The topological polar surface area (TPSA) is 143 Å². The molecule has 6 N–H and O–H groups in total. The van der Waals surface area contributed by atoms with Gasteiger partial charge in [-0.2, -0.15) is 0 Å². The van der Waals surface area contributed by atoms with Crippen LogP contribution < -0.4 is 0 Å². The maximum atomic E-state index is 11.0. The number of aliphatic hydroxyl groups excluding tert-OH is 4. The van der Waals surface area contributed by atoms with Crippen LogP contribution >= 0.6 is 15.9 Å². The molecular formula is C14H16BrNO7. The molecular weight excluding hydrogens is 374 g/mol. The quantitative estimate of drug-likeness (QED) is 0.337. The van der Waals surface area contributed by atoms with Gasteiger partial charge in [-0.3, -0.25) is 4.99 Å². The maximum Gasteiger partial charge on any atom is 0.186 e. The second-order valence-electron chi connectivity index (χ2n) is 5.67. The number of alkyl halides is 1. The fourth-order valence-corrected chi connectivity index (χ4v) is 3.60. The van der Waals surface area contributed by atoms with Crippen LogP contribution in [0, 0.1) is 0 Å². The lowest BCUT2D eigenvalue weighted by Gasteiger charge is -2.54. The number of hydrogen-bond donors (Lipinski definition) is 6. The third-order valence-electron chi connectivity index (χ3n) is 4.39. The van der Waals surface area contributed by atoms with Crippen LogP contribution in [0.1, 0.15) is 5.56 Å². The highest BCUT2D eigenvalue weighted by Crippen LogP contribution is 2.51. The van der Waals surface area contributed by atoms with Crippen LogP contribution in [0.2, 0.25) is 0 Å². The average Bonchev–Trinajstić information content (AvgIpc) is 2.90. The summed E-state index contributed by atoms with van der Waals surface area (Å²) in [4.78, 5) is 3.98. The van der Waals surface area contributed by atoms with E-state index in [1.165, 1.54) is 6.07 Å².